The first-order valence-corrected chi connectivity index (χ1v) is 11.1. The highest BCUT2D eigenvalue weighted by Gasteiger charge is 2.20. The summed E-state index contributed by atoms with van der Waals surface area (Å²) in [6.45, 7) is 6.91. The van der Waals surface area contributed by atoms with Crippen molar-refractivity contribution in [1.82, 2.24) is 19.6 Å². The zero-order valence-corrected chi connectivity index (χ0v) is 19.0. The molecule has 0 amide bonds. The number of rotatable bonds is 5. The minimum Gasteiger partial charge on any atom is -0.346 e. The number of piperazine rings is 1. The van der Waals surface area contributed by atoms with E-state index >= 15 is 0 Å². The van der Waals surface area contributed by atoms with Crippen molar-refractivity contribution in [3.05, 3.63) is 82.4 Å². The van der Waals surface area contributed by atoms with Gasteiger partial charge in [0.2, 0.25) is 0 Å². The first-order valence-electron chi connectivity index (χ1n) is 10.3. The number of nitrogens with one attached hydrogen (secondary N) is 1. The lowest BCUT2D eigenvalue weighted by atomic mass is 10.1. The van der Waals surface area contributed by atoms with E-state index in [0.717, 1.165) is 44.0 Å². The lowest BCUT2D eigenvalue weighted by Gasteiger charge is -2.36. The molecule has 2 heterocycles. The second-order valence-electron chi connectivity index (χ2n) is 7.78. The summed E-state index contributed by atoms with van der Waals surface area (Å²) in [6.07, 6.45) is 3.78. The summed E-state index contributed by atoms with van der Waals surface area (Å²) in [4.78, 5) is 4.47. The van der Waals surface area contributed by atoms with Crippen molar-refractivity contribution in [3.8, 4) is 0 Å². The summed E-state index contributed by atoms with van der Waals surface area (Å²) in [7, 11) is 0. The van der Waals surface area contributed by atoms with Gasteiger partial charge < -0.3 is 10.2 Å². The second kappa shape index (κ2) is 9.77. The average molecular weight is 458 g/mol. The van der Waals surface area contributed by atoms with Crippen LogP contribution in [-0.2, 0) is 13.1 Å². The van der Waals surface area contributed by atoms with Crippen LogP contribution >= 0.6 is 23.8 Å². The molecule has 8 heteroatoms. The van der Waals surface area contributed by atoms with Crippen LogP contribution in [0, 0.1) is 12.7 Å². The van der Waals surface area contributed by atoms with Crippen molar-refractivity contribution in [3.63, 3.8) is 0 Å². The van der Waals surface area contributed by atoms with Gasteiger partial charge in [-0.3, -0.25) is 9.58 Å². The van der Waals surface area contributed by atoms with E-state index in [1.807, 2.05) is 23.0 Å². The van der Waals surface area contributed by atoms with E-state index in [1.165, 1.54) is 23.3 Å². The molecule has 0 atom stereocenters. The molecule has 31 heavy (non-hydrogen) atoms. The van der Waals surface area contributed by atoms with Gasteiger partial charge in [0, 0.05) is 43.9 Å². The molecule has 0 radical (unpaired) electrons. The summed E-state index contributed by atoms with van der Waals surface area (Å²) in [6, 6.07) is 12.9. The van der Waals surface area contributed by atoms with Crippen LogP contribution in [0.2, 0.25) is 5.02 Å². The number of halogens is 2. The molecule has 1 aromatic heterocycles. The first kappa shape index (κ1) is 21.7. The number of anilines is 1. The van der Waals surface area contributed by atoms with Crippen LogP contribution in [0.25, 0.3) is 0 Å². The zero-order chi connectivity index (χ0) is 21.8. The van der Waals surface area contributed by atoms with Crippen LogP contribution in [0.4, 0.5) is 10.1 Å². The van der Waals surface area contributed by atoms with Gasteiger partial charge in [-0.1, -0.05) is 41.9 Å². The molecule has 1 fully saturated rings. The fourth-order valence-electron chi connectivity index (χ4n) is 3.68. The molecular formula is C23H25ClFN5S. The standard InChI is InChI=1S/C23H25ClFN5S/c1-17-4-2-3-5-18(17)15-30-16-21(13-26-30)27-23(31)29-10-8-28(9-11-29)14-19-6-7-20(25)12-22(19)24/h2-7,12-13,16H,8-11,14-15H2,1H3,(H,27,31). The Morgan fingerprint density at radius 1 is 1.10 bits per heavy atom. The Labute approximate surface area is 192 Å². The van der Waals surface area contributed by atoms with Crippen LogP contribution in [0.5, 0.6) is 0 Å². The number of aryl methyl sites for hydroxylation is 1. The summed E-state index contributed by atoms with van der Waals surface area (Å²) >= 11 is 11.8. The fraction of sp³-hybridized carbons (Fsp3) is 0.304. The second-order valence-corrected chi connectivity index (χ2v) is 8.58. The van der Waals surface area contributed by atoms with Crippen molar-refractivity contribution in [2.24, 2.45) is 0 Å². The first-order chi connectivity index (χ1) is 15.0. The predicted octanol–water partition coefficient (Wildman–Crippen LogP) is 4.55. The van der Waals surface area contributed by atoms with Crippen molar-refractivity contribution >= 4 is 34.6 Å². The maximum absolute atomic E-state index is 13.2. The molecule has 1 aliphatic heterocycles. The Kier molecular flexibility index (Phi) is 6.85. The number of benzene rings is 2. The zero-order valence-electron chi connectivity index (χ0n) is 17.4. The third kappa shape index (κ3) is 5.61. The fourth-order valence-corrected chi connectivity index (χ4v) is 4.21. The lowest BCUT2D eigenvalue weighted by Crippen LogP contribution is -2.49. The molecule has 0 bridgehead atoms. The van der Waals surface area contributed by atoms with Crippen molar-refractivity contribution in [1.29, 1.82) is 0 Å². The van der Waals surface area contributed by atoms with Crippen molar-refractivity contribution < 1.29 is 4.39 Å². The topological polar surface area (TPSA) is 36.3 Å². The maximum Gasteiger partial charge on any atom is 0.173 e. The molecule has 0 saturated carbocycles. The van der Waals surface area contributed by atoms with E-state index < -0.39 is 0 Å². The molecule has 5 nitrogen and oxygen atoms in total. The minimum atomic E-state index is -0.308. The Bertz CT molecular complexity index is 1060. The minimum absolute atomic E-state index is 0.308. The quantitative estimate of drug-likeness (QED) is 0.569. The van der Waals surface area contributed by atoms with Gasteiger partial charge in [0.15, 0.2) is 5.11 Å². The van der Waals surface area contributed by atoms with Crippen molar-refractivity contribution in [2.75, 3.05) is 31.5 Å². The lowest BCUT2D eigenvalue weighted by molar-refractivity contribution is 0.177. The molecule has 0 spiro atoms. The summed E-state index contributed by atoms with van der Waals surface area (Å²) in [5.74, 6) is -0.308. The SMILES string of the molecule is Cc1ccccc1Cn1cc(NC(=S)N2CCN(Cc3ccc(F)cc3Cl)CC2)cn1. The molecule has 1 N–H and O–H groups in total. The van der Waals surface area contributed by atoms with E-state index in [0.29, 0.717) is 16.7 Å². The monoisotopic (exact) mass is 457 g/mol. The molecule has 2 aromatic carbocycles. The largest absolute Gasteiger partial charge is 0.346 e. The van der Waals surface area contributed by atoms with Gasteiger partial charge in [0.25, 0.3) is 0 Å². The number of nitrogens with zero attached hydrogens (tertiary/aromatic N) is 4. The number of aromatic nitrogens is 2. The van der Waals surface area contributed by atoms with E-state index in [2.05, 4.69) is 39.3 Å². The van der Waals surface area contributed by atoms with Crippen LogP contribution < -0.4 is 5.32 Å². The Balaban J connectivity index is 1.27. The summed E-state index contributed by atoms with van der Waals surface area (Å²) in [5.41, 5.74) is 4.33. The molecule has 0 aliphatic carbocycles. The number of hydrogen-bond acceptors (Lipinski definition) is 3. The molecular weight excluding hydrogens is 433 g/mol. The number of thiocarbonyl (C=S) groups is 1. The van der Waals surface area contributed by atoms with Crippen LogP contribution in [0.15, 0.2) is 54.9 Å². The van der Waals surface area contributed by atoms with Gasteiger partial charge in [-0.2, -0.15) is 5.10 Å². The average Bonchev–Trinajstić information content (AvgIpc) is 3.19. The van der Waals surface area contributed by atoms with Crippen molar-refractivity contribution in [2.45, 2.75) is 20.0 Å². The highest BCUT2D eigenvalue weighted by atomic mass is 35.5. The van der Waals surface area contributed by atoms with E-state index in [-0.39, 0.29) is 5.82 Å². The predicted molar refractivity (Wildman–Crippen MR) is 127 cm³/mol. The van der Waals surface area contributed by atoms with Gasteiger partial charge in [0.1, 0.15) is 5.82 Å². The Morgan fingerprint density at radius 3 is 2.61 bits per heavy atom. The third-order valence-electron chi connectivity index (χ3n) is 5.55. The Morgan fingerprint density at radius 2 is 1.87 bits per heavy atom. The van der Waals surface area contributed by atoms with Crippen LogP contribution in [0.1, 0.15) is 16.7 Å². The molecule has 1 saturated heterocycles. The van der Waals surface area contributed by atoms with Crippen LogP contribution in [-0.4, -0.2) is 50.9 Å². The van der Waals surface area contributed by atoms with Gasteiger partial charge in [-0.25, -0.2) is 4.39 Å². The molecule has 0 unspecified atom stereocenters. The van der Waals surface area contributed by atoms with Gasteiger partial charge in [-0.15, -0.1) is 0 Å². The normalized spacial score (nSPS) is 14.6. The smallest absolute Gasteiger partial charge is 0.173 e. The molecule has 4 rings (SSSR count). The molecule has 162 valence electrons. The van der Waals surface area contributed by atoms with E-state index in [1.54, 1.807) is 12.3 Å². The molecule has 3 aromatic rings. The molecule has 1 aliphatic rings. The van der Waals surface area contributed by atoms with Crippen LogP contribution in [0.3, 0.4) is 0 Å². The number of hydrogen-bond donors (Lipinski definition) is 1. The van der Waals surface area contributed by atoms with Gasteiger partial charge in [0.05, 0.1) is 18.4 Å². The van der Waals surface area contributed by atoms with Gasteiger partial charge in [-0.05, 0) is 48.0 Å². The van der Waals surface area contributed by atoms with E-state index in [4.69, 9.17) is 23.8 Å². The third-order valence-corrected chi connectivity index (χ3v) is 6.26. The Hall–Kier alpha value is -2.48. The summed E-state index contributed by atoms with van der Waals surface area (Å²) in [5, 5.41) is 8.94. The van der Waals surface area contributed by atoms with E-state index in [9.17, 15) is 4.39 Å². The van der Waals surface area contributed by atoms with Gasteiger partial charge >= 0.3 is 0 Å². The summed E-state index contributed by atoms with van der Waals surface area (Å²) < 4.78 is 15.2. The highest BCUT2D eigenvalue weighted by Crippen LogP contribution is 2.20. The maximum atomic E-state index is 13.2. The highest BCUT2D eigenvalue weighted by molar-refractivity contribution is 7.80.